The number of imidazole rings is 1. The fourth-order valence-electron chi connectivity index (χ4n) is 3.21. The van der Waals surface area contributed by atoms with E-state index in [1.54, 1.807) is 0 Å². The zero-order valence-corrected chi connectivity index (χ0v) is 16.2. The van der Waals surface area contributed by atoms with Crippen molar-refractivity contribution in [2.75, 3.05) is 18.5 Å². The monoisotopic (exact) mass is 411 g/mol. The molecule has 5 rings (SSSR count). The number of anilines is 2. The van der Waals surface area contributed by atoms with Crippen molar-refractivity contribution in [3.63, 3.8) is 0 Å². The number of nitrogens with one attached hydrogen (secondary N) is 1. The molecule has 0 atom stereocenters. The van der Waals surface area contributed by atoms with Gasteiger partial charge in [-0.1, -0.05) is 35.3 Å². The predicted octanol–water partition coefficient (Wildman–Crippen LogP) is 5.82. The van der Waals surface area contributed by atoms with Gasteiger partial charge in [-0.3, -0.25) is 4.40 Å². The van der Waals surface area contributed by atoms with Gasteiger partial charge in [0.1, 0.15) is 30.4 Å². The van der Waals surface area contributed by atoms with Crippen molar-refractivity contribution in [1.29, 1.82) is 0 Å². The molecule has 0 saturated heterocycles. The first kappa shape index (κ1) is 17.2. The standard InChI is InChI=1S/C21H15Cl2N3O2/c22-14-3-1-13(2-4-14)20-21(26-12-15(23)5-8-19(26)25-20)24-16-6-7-17-18(11-16)28-10-9-27-17/h1-8,11-12,24H,9-10H2. The molecule has 0 amide bonds. The molecule has 28 heavy (non-hydrogen) atoms. The second-order valence-corrected chi connectivity index (χ2v) is 7.25. The third-order valence-electron chi connectivity index (χ3n) is 4.51. The first-order chi connectivity index (χ1) is 13.7. The number of hydrogen-bond acceptors (Lipinski definition) is 4. The normalized spacial score (nSPS) is 12.9. The largest absolute Gasteiger partial charge is 0.486 e. The minimum Gasteiger partial charge on any atom is -0.486 e. The highest BCUT2D eigenvalue weighted by atomic mass is 35.5. The van der Waals surface area contributed by atoms with Crippen molar-refractivity contribution in [3.8, 4) is 22.8 Å². The Hall–Kier alpha value is -2.89. The first-order valence-electron chi connectivity index (χ1n) is 8.77. The highest BCUT2D eigenvalue weighted by Crippen LogP contribution is 2.36. The molecule has 0 radical (unpaired) electrons. The van der Waals surface area contributed by atoms with Crippen LogP contribution in [-0.2, 0) is 0 Å². The van der Waals surface area contributed by atoms with Crippen LogP contribution in [0.2, 0.25) is 10.0 Å². The minimum absolute atomic E-state index is 0.539. The Morgan fingerprint density at radius 1 is 0.857 bits per heavy atom. The number of hydrogen-bond donors (Lipinski definition) is 1. The van der Waals surface area contributed by atoms with Crippen LogP contribution in [0, 0.1) is 0 Å². The Morgan fingerprint density at radius 2 is 1.61 bits per heavy atom. The van der Waals surface area contributed by atoms with Crippen LogP contribution in [0.3, 0.4) is 0 Å². The summed E-state index contributed by atoms with van der Waals surface area (Å²) in [6.07, 6.45) is 1.84. The Kier molecular flexibility index (Phi) is 4.26. The van der Waals surface area contributed by atoms with Gasteiger partial charge in [0.05, 0.1) is 5.02 Å². The lowest BCUT2D eigenvalue weighted by atomic mass is 10.1. The molecule has 1 N–H and O–H groups in total. The first-order valence-corrected chi connectivity index (χ1v) is 9.53. The van der Waals surface area contributed by atoms with Crippen molar-refractivity contribution in [2.24, 2.45) is 0 Å². The van der Waals surface area contributed by atoms with Gasteiger partial charge in [0.15, 0.2) is 11.5 Å². The van der Waals surface area contributed by atoms with Crippen LogP contribution < -0.4 is 14.8 Å². The maximum atomic E-state index is 6.23. The van der Waals surface area contributed by atoms with E-state index in [-0.39, 0.29) is 0 Å². The van der Waals surface area contributed by atoms with Crippen LogP contribution in [0.1, 0.15) is 0 Å². The van der Waals surface area contributed by atoms with Gasteiger partial charge in [-0.15, -0.1) is 0 Å². The Labute approximate surface area is 171 Å². The summed E-state index contributed by atoms with van der Waals surface area (Å²) in [4.78, 5) is 4.78. The van der Waals surface area contributed by atoms with E-state index >= 15 is 0 Å². The fourth-order valence-corrected chi connectivity index (χ4v) is 3.49. The van der Waals surface area contributed by atoms with Gasteiger partial charge in [-0.05, 0) is 36.4 Å². The summed E-state index contributed by atoms with van der Waals surface area (Å²) in [6, 6.07) is 17.1. The molecule has 1 aliphatic heterocycles. The second-order valence-electron chi connectivity index (χ2n) is 6.37. The number of ether oxygens (including phenoxy) is 2. The van der Waals surface area contributed by atoms with Crippen molar-refractivity contribution in [3.05, 3.63) is 70.8 Å². The molecule has 0 fully saturated rings. The molecule has 0 bridgehead atoms. The fraction of sp³-hybridized carbons (Fsp3) is 0.0952. The molecular weight excluding hydrogens is 397 g/mol. The Balaban J connectivity index is 1.63. The van der Waals surface area contributed by atoms with Gasteiger partial charge in [-0.25, -0.2) is 4.98 Å². The van der Waals surface area contributed by atoms with Crippen molar-refractivity contribution in [2.45, 2.75) is 0 Å². The second kappa shape index (κ2) is 6.93. The van der Waals surface area contributed by atoms with E-state index < -0.39 is 0 Å². The van der Waals surface area contributed by atoms with Crippen molar-refractivity contribution in [1.82, 2.24) is 9.38 Å². The van der Waals surface area contributed by atoms with Gasteiger partial charge in [0.25, 0.3) is 0 Å². The van der Waals surface area contributed by atoms with Crippen LogP contribution >= 0.6 is 23.2 Å². The molecular formula is C21H15Cl2N3O2. The number of fused-ring (bicyclic) bond motifs is 2. The Morgan fingerprint density at radius 3 is 2.43 bits per heavy atom. The molecule has 2 aromatic carbocycles. The van der Waals surface area contributed by atoms with Crippen molar-refractivity contribution >= 4 is 40.4 Å². The summed E-state index contributed by atoms with van der Waals surface area (Å²) < 4.78 is 13.2. The summed E-state index contributed by atoms with van der Waals surface area (Å²) in [7, 11) is 0. The van der Waals surface area contributed by atoms with E-state index in [4.69, 9.17) is 37.7 Å². The number of pyridine rings is 1. The topological polar surface area (TPSA) is 47.8 Å². The maximum Gasteiger partial charge on any atom is 0.163 e. The van der Waals surface area contributed by atoms with Gasteiger partial charge in [0.2, 0.25) is 0 Å². The predicted molar refractivity (Wildman–Crippen MR) is 111 cm³/mol. The Bertz CT molecular complexity index is 1170. The molecule has 4 aromatic rings. The summed E-state index contributed by atoms with van der Waals surface area (Å²) >= 11 is 12.3. The summed E-state index contributed by atoms with van der Waals surface area (Å²) in [6.45, 7) is 1.10. The number of nitrogens with zero attached hydrogens (tertiary/aromatic N) is 2. The molecule has 2 aromatic heterocycles. The average Bonchev–Trinajstić information content (AvgIpc) is 3.06. The lowest BCUT2D eigenvalue weighted by Crippen LogP contribution is -2.15. The third-order valence-corrected chi connectivity index (χ3v) is 4.98. The van der Waals surface area contributed by atoms with Gasteiger partial charge in [-0.2, -0.15) is 0 Å². The van der Waals surface area contributed by atoms with Crippen LogP contribution in [0.25, 0.3) is 16.9 Å². The molecule has 140 valence electrons. The summed E-state index contributed by atoms with van der Waals surface area (Å²) in [5.74, 6) is 2.27. The van der Waals surface area contributed by atoms with Gasteiger partial charge < -0.3 is 14.8 Å². The minimum atomic E-state index is 0.539. The molecule has 1 aliphatic rings. The van der Waals surface area contributed by atoms with E-state index in [1.165, 1.54) is 0 Å². The highest BCUT2D eigenvalue weighted by molar-refractivity contribution is 6.30. The summed E-state index contributed by atoms with van der Waals surface area (Å²) in [5.41, 5.74) is 3.40. The van der Waals surface area contributed by atoms with Crippen LogP contribution in [0.4, 0.5) is 11.5 Å². The number of benzene rings is 2. The number of aromatic nitrogens is 2. The maximum absolute atomic E-state index is 6.23. The van der Waals surface area contributed by atoms with E-state index in [9.17, 15) is 0 Å². The van der Waals surface area contributed by atoms with E-state index in [0.717, 1.165) is 39.9 Å². The highest BCUT2D eigenvalue weighted by Gasteiger charge is 2.17. The van der Waals surface area contributed by atoms with Gasteiger partial charge in [0, 0.05) is 28.5 Å². The molecule has 3 heterocycles. The van der Waals surface area contributed by atoms with E-state index in [0.29, 0.717) is 23.3 Å². The van der Waals surface area contributed by atoms with E-state index in [2.05, 4.69) is 5.32 Å². The lowest BCUT2D eigenvalue weighted by Gasteiger charge is -2.19. The molecule has 7 heteroatoms. The molecule has 0 spiro atoms. The van der Waals surface area contributed by atoms with Crippen LogP contribution in [0.5, 0.6) is 11.5 Å². The zero-order valence-electron chi connectivity index (χ0n) is 14.7. The number of halogens is 2. The molecule has 5 nitrogen and oxygen atoms in total. The third kappa shape index (κ3) is 3.13. The molecule has 0 aliphatic carbocycles. The smallest absolute Gasteiger partial charge is 0.163 e. The number of rotatable bonds is 3. The lowest BCUT2D eigenvalue weighted by molar-refractivity contribution is 0.171. The van der Waals surface area contributed by atoms with Crippen LogP contribution in [-0.4, -0.2) is 22.6 Å². The van der Waals surface area contributed by atoms with Crippen LogP contribution in [0.15, 0.2) is 60.8 Å². The molecule has 0 saturated carbocycles. The summed E-state index contributed by atoms with van der Waals surface area (Å²) in [5, 5.41) is 4.76. The molecule has 0 unspecified atom stereocenters. The SMILES string of the molecule is Clc1ccc(-c2nc3ccc(Cl)cn3c2Nc2ccc3c(c2)OCCO3)cc1. The van der Waals surface area contributed by atoms with Gasteiger partial charge >= 0.3 is 0 Å². The van der Waals surface area contributed by atoms with E-state index in [1.807, 2.05) is 65.2 Å². The zero-order chi connectivity index (χ0) is 19.1. The average molecular weight is 412 g/mol. The quantitative estimate of drug-likeness (QED) is 0.461. The van der Waals surface area contributed by atoms with Crippen molar-refractivity contribution < 1.29 is 9.47 Å².